The van der Waals surface area contributed by atoms with Gasteiger partial charge >= 0.3 is 17.8 Å². The first-order valence-corrected chi connectivity index (χ1v) is 9.24. The van der Waals surface area contributed by atoms with Gasteiger partial charge < -0.3 is 14.8 Å². The van der Waals surface area contributed by atoms with Gasteiger partial charge in [-0.05, 0) is 32.9 Å². The molecule has 9 nitrogen and oxygen atoms in total. The van der Waals surface area contributed by atoms with E-state index in [1.54, 1.807) is 6.92 Å². The quantitative estimate of drug-likeness (QED) is 0.547. The lowest BCUT2D eigenvalue weighted by molar-refractivity contribution is -0.143. The van der Waals surface area contributed by atoms with Crippen molar-refractivity contribution >= 4 is 23.8 Å². The Balaban J connectivity index is 1.66. The van der Waals surface area contributed by atoms with Gasteiger partial charge in [-0.1, -0.05) is 0 Å². The average molecular weight is 389 g/mol. The van der Waals surface area contributed by atoms with Crippen molar-refractivity contribution in [3.63, 3.8) is 0 Å². The lowest BCUT2D eigenvalue weighted by Gasteiger charge is -2.15. The van der Waals surface area contributed by atoms with E-state index in [9.17, 15) is 19.2 Å². The number of imide groups is 2. The Morgan fingerprint density at radius 3 is 2.57 bits per heavy atom. The molecule has 0 saturated carbocycles. The molecule has 2 aliphatic heterocycles. The number of hydrogen-bond acceptors (Lipinski definition) is 6. The first-order chi connectivity index (χ1) is 13.3. The molecule has 2 aliphatic rings. The summed E-state index contributed by atoms with van der Waals surface area (Å²) >= 11 is 0. The van der Waals surface area contributed by atoms with Crippen molar-refractivity contribution in [2.45, 2.75) is 39.8 Å². The van der Waals surface area contributed by atoms with Crippen molar-refractivity contribution < 1.29 is 28.7 Å². The Morgan fingerprint density at radius 2 is 1.93 bits per heavy atom. The van der Waals surface area contributed by atoms with Crippen LogP contribution < -0.4 is 14.8 Å². The highest BCUT2D eigenvalue weighted by Gasteiger charge is 2.44. The topological polar surface area (TPSA) is 105 Å². The third kappa shape index (κ3) is 3.64. The van der Waals surface area contributed by atoms with Crippen LogP contribution in [0, 0.1) is 0 Å². The second-order valence-electron chi connectivity index (χ2n) is 6.63. The zero-order valence-corrected chi connectivity index (χ0v) is 16.1. The van der Waals surface area contributed by atoms with Crippen LogP contribution in [-0.4, -0.2) is 59.4 Å². The summed E-state index contributed by atoms with van der Waals surface area (Å²) in [6, 6.07) is 2.97. The number of urea groups is 1. The van der Waals surface area contributed by atoms with Crippen molar-refractivity contribution in [3.05, 3.63) is 23.3 Å². The molecule has 1 aromatic carbocycles. The Bertz CT molecular complexity index is 837. The number of ether oxygens (including phenoxy) is 2. The normalized spacial score (nSPS) is 18.4. The van der Waals surface area contributed by atoms with Crippen LogP contribution in [0.1, 0.15) is 31.9 Å². The van der Waals surface area contributed by atoms with Gasteiger partial charge in [0.25, 0.3) is 0 Å². The first kappa shape index (κ1) is 19.7. The Kier molecular flexibility index (Phi) is 5.53. The summed E-state index contributed by atoms with van der Waals surface area (Å²) in [4.78, 5) is 49.4. The van der Waals surface area contributed by atoms with Crippen LogP contribution in [0.4, 0.5) is 4.79 Å². The molecule has 150 valence electrons. The van der Waals surface area contributed by atoms with E-state index < -0.39 is 30.3 Å². The maximum atomic E-state index is 12.3. The van der Waals surface area contributed by atoms with Crippen molar-refractivity contribution in [2.24, 2.45) is 0 Å². The molecule has 0 aromatic heterocycles. The minimum Gasteiger partial charge on any atom is -0.494 e. The molecule has 1 aromatic rings. The van der Waals surface area contributed by atoms with Crippen molar-refractivity contribution in [3.8, 4) is 11.5 Å². The van der Waals surface area contributed by atoms with Gasteiger partial charge in [-0.3, -0.25) is 19.3 Å². The fraction of sp³-hybridized carbons (Fsp3) is 0.474. The van der Waals surface area contributed by atoms with Crippen LogP contribution in [0.2, 0.25) is 0 Å². The number of likely N-dealkylation sites (N-methyl/N-ethyl adjacent to an activating group) is 1. The highest BCUT2D eigenvalue weighted by Crippen LogP contribution is 2.35. The molecule has 0 unspecified atom stereocenters. The molecule has 3 rings (SSSR count). The molecule has 28 heavy (non-hydrogen) atoms. The molecular formula is C19H23N3O6. The summed E-state index contributed by atoms with van der Waals surface area (Å²) in [6.45, 7) is 5.61. The van der Waals surface area contributed by atoms with Gasteiger partial charge in [0.1, 0.15) is 24.1 Å². The Morgan fingerprint density at radius 1 is 1.21 bits per heavy atom. The van der Waals surface area contributed by atoms with Gasteiger partial charge in [0.15, 0.2) is 0 Å². The van der Waals surface area contributed by atoms with Gasteiger partial charge in [0, 0.05) is 30.6 Å². The number of benzene rings is 1. The largest absolute Gasteiger partial charge is 0.494 e. The van der Waals surface area contributed by atoms with E-state index in [4.69, 9.17) is 9.47 Å². The summed E-state index contributed by atoms with van der Waals surface area (Å²) in [6.07, 6.45) is 0.879. The van der Waals surface area contributed by atoms with Gasteiger partial charge in [0.2, 0.25) is 5.91 Å². The van der Waals surface area contributed by atoms with Crippen LogP contribution in [0.5, 0.6) is 11.5 Å². The molecule has 0 aliphatic carbocycles. The second kappa shape index (κ2) is 7.87. The molecule has 0 spiro atoms. The van der Waals surface area contributed by atoms with Crippen molar-refractivity contribution in [1.29, 1.82) is 0 Å². The lowest BCUT2D eigenvalue weighted by atomic mass is 10.1. The molecule has 5 amide bonds. The van der Waals surface area contributed by atoms with Gasteiger partial charge in [-0.2, -0.15) is 0 Å². The maximum Gasteiger partial charge on any atom is 0.334 e. The van der Waals surface area contributed by atoms with E-state index in [1.165, 1.54) is 0 Å². The highest BCUT2D eigenvalue weighted by atomic mass is 16.5. The predicted molar refractivity (Wildman–Crippen MR) is 97.7 cm³/mol. The van der Waals surface area contributed by atoms with Gasteiger partial charge in [-0.15, -0.1) is 0 Å². The molecule has 2 heterocycles. The number of hydrogen-bond donors (Lipinski definition) is 1. The predicted octanol–water partition coefficient (Wildman–Crippen LogP) is 0.836. The average Bonchev–Trinajstić information content (AvgIpc) is 3.11. The monoisotopic (exact) mass is 389 g/mol. The van der Waals surface area contributed by atoms with E-state index in [0.29, 0.717) is 17.3 Å². The van der Waals surface area contributed by atoms with Crippen LogP contribution in [0.25, 0.3) is 0 Å². The number of fused-ring (bicyclic) bond motifs is 1. The SMILES string of the molecule is CCOc1cc2c(cc1CNC(=O)CN1C(=O)C(=O)N(CC)C1=O)O[C@H](C)C2. The van der Waals surface area contributed by atoms with E-state index in [1.807, 2.05) is 26.0 Å². The molecule has 0 bridgehead atoms. The number of carbonyl (C=O) groups is 4. The highest BCUT2D eigenvalue weighted by molar-refractivity contribution is 6.45. The Hall–Kier alpha value is -3.10. The second-order valence-corrected chi connectivity index (χ2v) is 6.63. The summed E-state index contributed by atoms with van der Waals surface area (Å²) in [5.41, 5.74) is 1.78. The van der Waals surface area contributed by atoms with E-state index >= 15 is 0 Å². The zero-order chi connectivity index (χ0) is 20.4. The standard InChI is InChI=1S/C19H23N3O6/c1-4-21-17(24)18(25)22(19(21)26)10-16(23)20-9-13-8-15-12(6-11(3)28-15)7-14(13)27-5-2/h7-8,11H,4-6,9-10H2,1-3H3,(H,20,23)/t11-/m1/s1. The minimum atomic E-state index is -0.989. The zero-order valence-electron chi connectivity index (χ0n) is 16.1. The van der Waals surface area contributed by atoms with Crippen LogP contribution in [0.3, 0.4) is 0 Å². The molecule has 1 atom stereocenters. The van der Waals surface area contributed by atoms with Crippen molar-refractivity contribution in [2.75, 3.05) is 19.7 Å². The van der Waals surface area contributed by atoms with Gasteiger partial charge in [-0.25, -0.2) is 9.69 Å². The summed E-state index contributed by atoms with van der Waals surface area (Å²) in [5.74, 6) is -1.04. The third-order valence-electron chi connectivity index (χ3n) is 4.61. The maximum absolute atomic E-state index is 12.3. The summed E-state index contributed by atoms with van der Waals surface area (Å²) in [5, 5.41) is 2.67. The van der Waals surface area contributed by atoms with Crippen LogP contribution >= 0.6 is 0 Å². The smallest absolute Gasteiger partial charge is 0.334 e. The third-order valence-corrected chi connectivity index (χ3v) is 4.61. The fourth-order valence-corrected chi connectivity index (χ4v) is 3.27. The van der Waals surface area contributed by atoms with E-state index in [2.05, 4.69) is 5.32 Å². The Labute approximate surface area is 162 Å². The van der Waals surface area contributed by atoms with E-state index in [-0.39, 0.29) is 19.2 Å². The summed E-state index contributed by atoms with van der Waals surface area (Å²) < 4.78 is 11.4. The minimum absolute atomic E-state index is 0.0762. The fourth-order valence-electron chi connectivity index (χ4n) is 3.27. The number of carbonyl (C=O) groups excluding carboxylic acids is 4. The number of amides is 5. The molecule has 0 radical (unpaired) electrons. The van der Waals surface area contributed by atoms with Crippen LogP contribution in [0.15, 0.2) is 12.1 Å². The lowest BCUT2D eigenvalue weighted by Crippen LogP contribution is -2.41. The molecule has 9 heteroatoms. The number of nitrogens with zero attached hydrogens (tertiary/aromatic N) is 2. The van der Waals surface area contributed by atoms with Crippen LogP contribution in [-0.2, 0) is 27.3 Å². The molecule has 1 fully saturated rings. The van der Waals surface area contributed by atoms with Crippen molar-refractivity contribution in [1.82, 2.24) is 15.1 Å². The summed E-state index contributed by atoms with van der Waals surface area (Å²) in [7, 11) is 0. The molecule has 1 saturated heterocycles. The first-order valence-electron chi connectivity index (χ1n) is 9.24. The van der Waals surface area contributed by atoms with Gasteiger partial charge in [0.05, 0.1) is 6.61 Å². The number of rotatable bonds is 7. The number of nitrogens with one attached hydrogen (secondary N) is 1. The molecular weight excluding hydrogens is 366 g/mol. The van der Waals surface area contributed by atoms with E-state index in [0.717, 1.165) is 28.2 Å². The molecule has 1 N–H and O–H groups in total.